The minimum absolute atomic E-state index is 0.0195. The average Bonchev–Trinajstić information content (AvgIpc) is 2.94. The normalized spacial score (nSPS) is 10.5. The van der Waals surface area contributed by atoms with Crippen LogP contribution in [0.5, 0.6) is 0 Å². The van der Waals surface area contributed by atoms with Gasteiger partial charge < -0.3 is 5.11 Å². The third-order valence-electron chi connectivity index (χ3n) is 2.81. The molecule has 0 radical (unpaired) electrons. The van der Waals surface area contributed by atoms with Crippen LogP contribution in [0.15, 0.2) is 37.1 Å². The predicted octanol–water partition coefficient (Wildman–Crippen LogP) is 1.13. The Morgan fingerprint density at radius 1 is 1.05 bits per heavy atom. The lowest BCUT2D eigenvalue weighted by Gasteiger charge is -2.01. The van der Waals surface area contributed by atoms with Crippen molar-refractivity contribution in [2.24, 2.45) is 0 Å². The van der Waals surface area contributed by atoms with Crippen LogP contribution in [0.4, 0.5) is 0 Å². The van der Waals surface area contributed by atoms with Gasteiger partial charge in [0.1, 0.15) is 17.0 Å². The fraction of sp³-hybridized carbons (Fsp3) is 0.0769. The molecule has 3 rings (SSSR count). The molecule has 3 aromatic heterocycles. The standard InChI is InChI=1S/C13H10N6O2/c1-8-10(15-6-5-14-8)11-9(12(20)21)7-19(18-11)13-16-3-2-4-17-13/h2-7H,1H3,(H,20,21). The highest BCUT2D eigenvalue weighted by molar-refractivity contribution is 5.94. The maximum atomic E-state index is 11.4. The van der Waals surface area contributed by atoms with Gasteiger partial charge >= 0.3 is 5.97 Å². The molecule has 21 heavy (non-hydrogen) atoms. The van der Waals surface area contributed by atoms with Crippen molar-refractivity contribution >= 4 is 5.97 Å². The minimum Gasteiger partial charge on any atom is -0.478 e. The third-order valence-corrected chi connectivity index (χ3v) is 2.81. The lowest BCUT2D eigenvalue weighted by molar-refractivity contribution is 0.0697. The van der Waals surface area contributed by atoms with E-state index in [0.717, 1.165) is 0 Å². The van der Waals surface area contributed by atoms with Gasteiger partial charge in [0.15, 0.2) is 0 Å². The quantitative estimate of drug-likeness (QED) is 0.767. The summed E-state index contributed by atoms with van der Waals surface area (Å²) in [5, 5.41) is 13.6. The van der Waals surface area contributed by atoms with Gasteiger partial charge in [0.05, 0.1) is 5.69 Å². The van der Waals surface area contributed by atoms with Gasteiger partial charge in [-0.1, -0.05) is 0 Å². The number of aryl methyl sites for hydroxylation is 1. The number of rotatable bonds is 3. The molecular weight excluding hydrogens is 272 g/mol. The molecule has 0 atom stereocenters. The van der Waals surface area contributed by atoms with Crippen molar-refractivity contribution in [3.8, 4) is 17.3 Å². The van der Waals surface area contributed by atoms with Gasteiger partial charge in [-0.05, 0) is 13.0 Å². The van der Waals surface area contributed by atoms with Crippen LogP contribution in [-0.4, -0.2) is 40.8 Å². The molecule has 0 saturated carbocycles. The second-order valence-electron chi connectivity index (χ2n) is 4.18. The minimum atomic E-state index is -1.10. The van der Waals surface area contributed by atoms with Gasteiger partial charge in [-0.25, -0.2) is 19.4 Å². The van der Waals surface area contributed by atoms with Gasteiger partial charge in [0, 0.05) is 31.0 Å². The first-order chi connectivity index (χ1) is 10.2. The van der Waals surface area contributed by atoms with Crippen LogP contribution in [-0.2, 0) is 0 Å². The molecule has 1 N–H and O–H groups in total. The summed E-state index contributed by atoms with van der Waals surface area (Å²) in [6.07, 6.45) is 7.50. The lowest BCUT2D eigenvalue weighted by atomic mass is 10.1. The monoisotopic (exact) mass is 282 g/mol. The maximum Gasteiger partial charge on any atom is 0.339 e. The van der Waals surface area contributed by atoms with Crippen LogP contribution in [0.3, 0.4) is 0 Å². The Hall–Kier alpha value is -3.16. The molecule has 0 aliphatic rings. The van der Waals surface area contributed by atoms with Gasteiger partial charge in [0.2, 0.25) is 5.95 Å². The largest absolute Gasteiger partial charge is 0.478 e. The third kappa shape index (κ3) is 2.34. The lowest BCUT2D eigenvalue weighted by Crippen LogP contribution is -2.01. The van der Waals surface area contributed by atoms with Crippen molar-refractivity contribution in [1.82, 2.24) is 29.7 Å². The topological polar surface area (TPSA) is 107 Å². The van der Waals surface area contributed by atoms with Crippen molar-refractivity contribution in [3.63, 3.8) is 0 Å². The number of carboxylic acids is 1. The van der Waals surface area contributed by atoms with Gasteiger partial charge in [-0.3, -0.25) is 9.97 Å². The summed E-state index contributed by atoms with van der Waals surface area (Å²) in [7, 11) is 0. The first-order valence-corrected chi connectivity index (χ1v) is 6.05. The molecule has 0 spiro atoms. The zero-order valence-corrected chi connectivity index (χ0v) is 11.0. The molecule has 0 fully saturated rings. The summed E-state index contributed by atoms with van der Waals surface area (Å²) >= 11 is 0. The Kier molecular flexibility index (Phi) is 3.11. The molecule has 3 heterocycles. The summed E-state index contributed by atoms with van der Waals surface area (Å²) in [6, 6.07) is 1.67. The van der Waals surface area contributed by atoms with E-state index in [1.165, 1.54) is 23.3 Å². The highest BCUT2D eigenvalue weighted by Gasteiger charge is 2.21. The number of carboxylic acid groups (broad SMARTS) is 1. The Morgan fingerprint density at radius 2 is 1.76 bits per heavy atom. The molecule has 8 nitrogen and oxygen atoms in total. The van der Waals surface area contributed by atoms with Crippen LogP contribution in [0.25, 0.3) is 17.3 Å². The molecule has 0 bridgehead atoms. The number of hydrogen-bond acceptors (Lipinski definition) is 6. The smallest absolute Gasteiger partial charge is 0.339 e. The second kappa shape index (κ2) is 5.08. The van der Waals surface area contributed by atoms with Crippen molar-refractivity contribution in [3.05, 3.63) is 48.3 Å². The Labute approximate surface area is 119 Å². The molecule has 0 amide bonds. The van der Waals surface area contributed by atoms with E-state index in [2.05, 4.69) is 25.0 Å². The number of carbonyl (C=O) groups is 1. The van der Waals surface area contributed by atoms with Crippen molar-refractivity contribution in [2.75, 3.05) is 0 Å². The van der Waals surface area contributed by atoms with E-state index in [-0.39, 0.29) is 17.2 Å². The van der Waals surface area contributed by atoms with Crippen molar-refractivity contribution in [1.29, 1.82) is 0 Å². The summed E-state index contributed by atoms with van der Waals surface area (Å²) in [5.74, 6) is -0.815. The number of hydrogen-bond donors (Lipinski definition) is 1. The number of nitrogens with zero attached hydrogens (tertiary/aromatic N) is 6. The van der Waals surface area contributed by atoms with E-state index in [0.29, 0.717) is 11.4 Å². The molecule has 0 aliphatic carbocycles. The van der Waals surface area contributed by atoms with Crippen LogP contribution in [0.1, 0.15) is 16.1 Å². The fourth-order valence-corrected chi connectivity index (χ4v) is 1.86. The van der Waals surface area contributed by atoms with Crippen LogP contribution in [0, 0.1) is 6.92 Å². The van der Waals surface area contributed by atoms with E-state index in [9.17, 15) is 9.90 Å². The Balaban J connectivity index is 2.19. The Bertz CT molecular complexity index is 799. The van der Waals surface area contributed by atoms with Gasteiger partial charge in [-0.2, -0.15) is 5.10 Å². The number of aromatic nitrogens is 6. The van der Waals surface area contributed by atoms with Gasteiger partial charge in [0.25, 0.3) is 0 Å². The first-order valence-electron chi connectivity index (χ1n) is 6.05. The van der Waals surface area contributed by atoms with Crippen LogP contribution < -0.4 is 0 Å². The highest BCUT2D eigenvalue weighted by atomic mass is 16.4. The molecule has 0 aliphatic heterocycles. The summed E-state index contributed by atoms with van der Waals surface area (Å²) in [4.78, 5) is 27.7. The van der Waals surface area contributed by atoms with E-state index < -0.39 is 5.97 Å². The molecule has 8 heteroatoms. The second-order valence-corrected chi connectivity index (χ2v) is 4.18. The SMILES string of the molecule is Cc1nccnc1-c1nn(-c2ncccn2)cc1C(=O)O. The summed E-state index contributed by atoms with van der Waals surface area (Å²) in [5.41, 5.74) is 1.27. The summed E-state index contributed by atoms with van der Waals surface area (Å²) < 4.78 is 1.31. The zero-order chi connectivity index (χ0) is 14.8. The zero-order valence-electron chi connectivity index (χ0n) is 11.0. The van der Waals surface area contributed by atoms with E-state index in [1.807, 2.05) is 0 Å². The summed E-state index contributed by atoms with van der Waals surface area (Å²) in [6.45, 7) is 1.74. The van der Waals surface area contributed by atoms with Crippen LogP contribution in [0.2, 0.25) is 0 Å². The van der Waals surface area contributed by atoms with E-state index in [1.54, 1.807) is 25.4 Å². The molecule has 0 aromatic carbocycles. The molecule has 104 valence electrons. The van der Waals surface area contributed by atoms with Crippen molar-refractivity contribution in [2.45, 2.75) is 6.92 Å². The van der Waals surface area contributed by atoms with E-state index >= 15 is 0 Å². The predicted molar refractivity (Wildman–Crippen MR) is 71.9 cm³/mol. The maximum absolute atomic E-state index is 11.4. The molecule has 3 aromatic rings. The Morgan fingerprint density at radius 3 is 2.43 bits per heavy atom. The first kappa shape index (κ1) is 12.9. The molecule has 0 unspecified atom stereocenters. The number of aromatic carboxylic acids is 1. The van der Waals surface area contributed by atoms with E-state index in [4.69, 9.17) is 0 Å². The van der Waals surface area contributed by atoms with Gasteiger partial charge in [-0.15, -0.1) is 0 Å². The average molecular weight is 282 g/mol. The van der Waals surface area contributed by atoms with Crippen molar-refractivity contribution < 1.29 is 9.90 Å². The molecular formula is C13H10N6O2. The van der Waals surface area contributed by atoms with Crippen LogP contribution >= 0.6 is 0 Å². The highest BCUT2D eigenvalue weighted by Crippen LogP contribution is 2.22. The molecule has 0 saturated heterocycles. The fourth-order valence-electron chi connectivity index (χ4n) is 1.86.